The number of hydrogen-bond donors (Lipinski definition) is 1. The van der Waals surface area contributed by atoms with Crippen LogP contribution >= 0.6 is 23.8 Å². The third-order valence-corrected chi connectivity index (χ3v) is 2.75. The van der Waals surface area contributed by atoms with Crippen molar-refractivity contribution in [1.29, 1.82) is 0 Å². The molecule has 2 N–H and O–H groups in total. The SMILES string of the molecule is NC(=S)c1nccn1Cc1ccc(F)c(Cl)c1. The maximum Gasteiger partial charge on any atom is 0.167 e. The van der Waals surface area contributed by atoms with E-state index in [9.17, 15) is 4.39 Å². The first kappa shape index (κ1) is 12.0. The molecule has 6 heteroatoms. The van der Waals surface area contributed by atoms with Crippen LogP contribution in [0.15, 0.2) is 30.6 Å². The first-order valence-corrected chi connectivity index (χ1v) is 5.61. The molecule has 0 aliphatic rings. The number of thiocarbonyl (C=S) groups is 1. The average molecular weight is 270 g/mol. The van der Waals surface area contributed by atoms with Gasteiger partial charge in [0.25, 0.3) is 0 Å². The highest BCUT2D eigenvalue weighted by atomic mass is 35.5. The molecule has 0 radical (unpaired) electrons. The Hall–Kier alpha value is -1.46. The number of hydrogen-bond acceptors (Lipinski definition) is 2. The molecule has 17 heavy (non-hydrogen) atoms. The van der Waals surface area contributed by atoms with Gasteiger partial charge in [-0.3, -0.25) is 0 Å². The van der Waals surface area contributed by atoms with Gasteiger partial charge < -0.3 is 10.3 Å². The lowest BCUT2D eigenvalue weighted by atomic mass is 10.2. The summed E-state index contributed by atoms with van der Waals surface area (Å²) >= 11 is 10.6. The van der Waals surface area contributed by atoms with Crippen LogP contribution in [0.3, 0.4) is 0 Å². The third-order valence-electron chi connectivity index (χ3n) is 2.27. The Bertz CT molecular complexity index is 568. The number of aromatic nitrogens is 2. The van der Waals surface area contributed by atoms with Crippen molar-refractivity contribution in [3.63, 3.8) is 0 Å². The molecule has 1 heterocycles. The van der Waals surface area contributed by atoms with E-state index in [1.54, 1.807) is 29.1 Å². The second-order valence-corrected chi connectivity index (χ2v) is 4.34. The molecule has 0 spiro atoms. The van der Waals surface area contributed by atoms with Crippen LogP contribution in [0.2, 0.25) is 5.02 Å². The number of nitrogens with two attached hydrogens (primary N) is 1. The minimum absolute atomic E-state index is 0.0968. The standard InChI is InChI=1S/C11H9ClFN3S/c12-8-5-7(1-2-9(8)13)6-16-4-3-15-11(16)10(14)17/h1-5H,6H2,(H2,14,17). The Morgan fingerprint density at radius 1 is 1.53 bits per heavy atom. The Morgan fingerprint density at radius 3 is 2.94 bits per heavy atom. The monoisotopic (exact) mass is 269 g/mol. The molecule has 1 aromatic heterocycles. The predicted octanol–water partition coefficient (Wildman–Crippen LogP) is 2.36. The van der Waals surface area contributed by atoms with Gasteiger partial charge in [-0.15, -0.1) is 0 Å². The van der Waals surface area contributed by atoms with Gasteiger partial charge in [-0.25, -0.2) is 9.37 Å². The maximum atomic E-state index is 13.0. The summed E-state index contributed by atoms with van der Waals surface area (Å²) < 4.78 is 14.8. The van der Waals surface area contributed by atoms with Crippen LogP contribution in [-0.4, -0.2) is 14.5 Å². The van der Waals surface area contributed by atoms with Crippen molar-refractivity contribution < 1.29 is 4.39 Å². The van der Waals surface area contributed by atoms with E-state index in [0.717, 1.165) is 5.56 Å². The lowest BCUT2D eigenvalue weighted by Crippen LogP contribution is -2.17. The van der Waals surface area contributed by atoms with Crippen LogP contribution < -0.4 is 5.73 Å². The molecule has 0 saturated heterocycles. The topological polar surface area (TPSA) is 43.8 Å². The van der Waals surface area contributed by atoms with Gasteiger partial charge in [0.2, 0.25) is 0 Å². The van der Waals surface area contributed by atoms with Crippen molar-refractivity contribution in [2.75, 3.05) is 0 Å². The van der Waals surface area contributed by atoms with Gasteiger partial charge >= 0.3 is 0 Å². The summed E-state index contributed by atoms with van der Waals surface area (Å²) in [7, 11) is 0. The van der Waals surface area contributed by atoms with Gasteiger partial charge in [0, 0.05) is 18.9 Å². The van der Waals surface area contributed by atoms with Crippen molar-refractivity contribution >= 4 is 28.8 Å². The molecule has 2 rings (SSSR count). The molecular weight excluding hydrogens is 261 g/mol. The molecule has 0 atom stereocenters. The summed E-state index contributed by atoms with van der Waals surface area (Å²) in [5.41, 5.74) is 6.38. The minimum Gasteiger partial charge on any atom is -0.387 e. The summed E-state index contributed by atoms with van der Waals surface area (Å²) in [4.78, 5) is 4.27. The first-order chi connectivity index (χ1) is 8.08. The number of halogens is 2. The van der Waals surface area contributed by atoms with E-state index in [2.05, 4.69) is 4.98 Å². The lowest BCUT2D eigenvalue weighted by molar-refractivity contribution is 0.626. The van der Waals surface area contributed by atoms with Crippen molar-refractivity contribution in [2.45, 2.75) is 6.54 Å². The Balaban J connectivity index is 2.28. The van der Waals surface area contributed by atoms with Crippen molar-refractivity contribution in [2.24, 2.45) is 5.73 Å². The lowest BCUT2D eigenvalue weighted by Gasteiger charge is -2.07. The molecule has 0 unspecified atom stereocenters. The van der Waals surface area contributed by atoms with Crippen LogP contribution in [0.4, 0.5) is 4.39 Å². The highest BCUT2D eigenvalue weighted by molar-refractivity contribution is 7.80. The van der Waals surface area contributed by atoms with Gasteiger partial charge in [-0.2, -0.15) is 0 Å². The Morgan fingerprint density at radius 2 is 2.29 bits per heavy atom. The van der Waals surface area contributed by atoms with E-state index in [-0.39, 0.29) is 10.0 Å². The zero-order valence-electron chi connectivity index (χ0n) is 8.73. The molecule has 2 aromatic rings. The Labute approximate surface area is 108 Å². The zero-order chi connectivity index (χ0) is 12.4. The summed E-state index contributed by atoms with van der Waals surface area (Å²) in [5.74, 6) is 0.0936. The molecule has 0 fully saturated rings. The van der Waals surface area contributed by atoms with Gasteiger partial charge in [-0.05, 0) is 17.7 Å². The van der Waals surface area contributed by atoms with Gasteiger partial charge in [0.05, 0.1) is 5.02 Å². The molecule has 3 nitrogen and oxygen atoms in total. The van der Waals surface area contributed by atoms with E-state index in [4.69, 9.17) is 29.6 Å². The molecule has 1 aromatic carbocycles. The molecular formula is C11H9ClFN3S. The van der Waals surface area contributed by atoms with Crippen molar-refractivity contribution in [3.8, 4) is 0 Å². The molecule has 88 valence electrons. The fraction of sp³-hybridized carbons (Fsp3) is 0.0909. The number of imidazole rings is 1. The molecule has 0 saturated carbocycles. The quantitative estimate of drug-likeness (QED) is 0.870. The van der Waals surface area contributed by atoms with Crippen LogP contribution in [0.5, 0.6) is 0 Å². The molecule has 0 bridgehead atoms. The van der Waals surface area contributed by atoms with Crippen molar-refractivity contribution in [3.05, 3.63) is 52.8 Å². The number of nitrogens with zero attached hydrogens (tertiary/aromatic N) is 2. The predicted molar refractivity (Wildman–Crippen MR) is 68.6 cm³/mol. The third kappa shape index (κ3) is 2.62. The minimum atomic E-state index is -0.435. The van der Waals surface area contributed by atoms with E-state index in [0.29, 0.717) is 12.4 Å². The highest BCUT2D eigenvalue weighted by Crippen LogP contribution is 2.17. The smallest absolute Gasteiger partial charge is 0.167 e. The van der Waals surface area contributed by atoms with Crippen LogP contribution in [0.1, 0.15) is 11.4 Å². The normalized spacial score (nSPS) is 10.5. The van der Waals surface area contributed by atoms with E-state index in [1.165, 1.54) is 6.07 Å². The summed E-state index contributed by atoms with van der Waals surface area (Å²) in [6.07, 6.45) is 3.37. The number of benzene rings is 1. The largest absolute Gasteiger partial charge is 0.387 e. The molecule has 0 amide bonds. The second kappa shape index (κ2) is 4.81. The van der Waals surface area contributed by atoms with Crippen molar-refractivity contribution in [1.82, 2.24) is 9.55 Å². The zero-order valence-corrected chi connectivity index (χ0v) is 10.3. The van der Waals surface area contributed by atoms with Gasteiger partial charge in [0.1, 0.15) is 10.8 Å². The van der Waals surface area contributed by atoms with Crippen LogP contribution in [0, 0.1) is 5.82 Å². The highest BCUT2D eigenvalue weighted by Gasteiger charge is 2.07. The fourth-order valence-electron chi connectivity index (χ4n) is 1.50. The van der Waals surface area contributed by atoms with E-state index < -0.39 is 5.82 Å². The average Bonchev–Trinajstić information content (AvgIpc) is 2.72. The van der Waals surface area contributed by atoms with Gasteiger partial charge in [-0.1, -0.05) is 29.9 Å². The first-order valence-electron chi connectivity index (χ1n) is 4.83. The van der Waals surface area contributed by atoms with Crippen LogP contribution in [0.25, 0.3) is 0 Å². The Kier molecular flexibility index (Phi) is 3.40. The number of rotatable bonds is 3. The van der Waals surface area contributed by atoms with Gasteiger partial charge in [0.15, 0.2) is 5.82 Å². The van der Waals surface area contributed by atoms with E-state index in [1.807, 2.05) is 0 Å². The van der Waals surface area contributed by atoms with E-state index >= 15 is 0 Å². The summed E-state index contributed by atoms with van der Waals surface area (Å²) in [5, 5.41) is 0.0968. The summed E-state index contributed by atoms with van der Waals surface area (Å²) in [6, 6.07) is 4.56. The summed E-state index contributed by atoms with van der Waals surface area (Å²) in [6.45, 7) is 0.493. The van der Waals surface area contributed by atoms with Crippen LogP contribution in [-0.2, 0) is 6.54 Å². The maximum absolute atomic E-state index is 13.0. The molecule has 0 aliphatic carbocycles. The second-order valence-electron chi connectivity index (χ2n) is 3.49. The molecule has 0 aliphatic heterocycles. The fourth-order valence-corrected chi connectivity index (χ4v) is 1.87.